The molecular weight excluding hydrogens is 655 g/mol. The number of benzene rings is 3. The molecular formula is C35H38Cl2GeZr-2. The van der Waals surface area contributed by atoms with Crippen LogP contribution in [0.4, 0.5) is 0 Å². The van der Waals surface area contributed by atoms with Gasteiger partial charge >= 0.3 is 72.1 Å². The third-order valence-electron chi connectivity index (χ3n) is 6.62. The summed E-state index contributed by atoms with van der Waals surface area (Å²) in [5.74, 6) is 2.41. The zero-order chi connectivity index (χ0) is 26.6. The normalized spacial score (nSPS) is 9.62. The van der Waals surface area contributed by atoms with Crippen LogP contribution in [0.1, 0.15) is 36.1 Å². The third-order valence-corrected chi connectivity index (χ3v) is 12.8. The van der Waals surface area contributed by atoms with E-state index in [4.69, 9.17) is 0 Å². The third kappa shape index (κ3) is 11.0. The molecule has 0 bridgehead atoms. The molecule has 0 N–H and O–H groups in total. The maximum absolute atomic E-state index is 2.41. The van der Waals surface area contributed by atoms with Crippen LogP contribution >= 0.6 is 0 Å². The number of rotatable bonds is 5. The summed E-state index contributed by atoms with van der Waals surface area (Å²) in [5, 5.41) is 0. The van der Waals surface area contributed by atoms with Gasteiger partial charge in [0.2, 0.25) is 0 Å². The molecule has 4 heteroatoms. The second-order valence-corrected chi connectivity index (χ2v) is 22.8. The molecule has 0 nitrogen and oxygen atoms in total. The molecule has 5 aromatic rings. The van der Waals surface area contributed by atoms with E-state index in [9.17, 15) is 0 Å². The van der Waals surface area contributed by atoms with E-state index in [1.165, 1.54) is 44.5 Å². The first-order valence-electron chi connectivity index (χ1n) is 13.2. The molecule has 0 atom stereocenters. The van der Waals surface area contributed by atoms with E-state index in [1.54, 1.807) is 26.0 Å². The molecule has 5 rings (SSSR count). The second kappa shape index (κ2) is 18.7. The second-order valence-electron chi connectivity index (χ2n) is 9.34. The molecule has 0 aliphatic heterocycles. The molecule has 0 saturated heterocycles. The monoisotopic (exact) mass is 692 g/mol. The Bertz CT molecular complexity index is 1280. The van der Waals surface area contributed by atoms with Gasteiger partial charge in [-0.2, -0.15) is 12.1 Å². The molecule has 0 spiro atoms. The van der Waals surface area contributed by atoms with Crippen LogP contribution in [0.3, 0.4) is 0 Å². The van der Waals surface area contributed by atoms with E-state index in [0.717, 1.165) is 12.8 Å². The van der Waals surface area contributed by atoms with E-state index in [0.29, 0.717) is 0 Å². The van der Waals surface area contributed by atoms with Gasteiger partial charge in [0.15, 0.2) is 0 Å². The topological polar surface area (TPSA) is 0 Å². The first kappa shape index (κ1) is 35.4. The summed E-state index contributed by atoms with van der Waals surface area (Å²) in [6.45, 7) is 8.68. The zero-order valence-electron chi connectivity index (χ0n) is 23.6. The van der Waals surface area contributed by atoms with Crippen LogP contribution in [0.2, 0.25) is 5.76 Å². The van der Waals surface area contributed by atoms with Gasteiger partial charge in [-0.15, -0.1) is 70.8 Å². The van der Waals surface area contributed by atoms with E-state index in [2.05, 4.69) is 149 Å². The Morgan fingerprint density at radius 2 is 0.949 bits per heavy atom. The van der Waals surface area contributed by atoms with Gasteiger partial charge in [-0.05, 0) is 12.8 Å². The fourth-order valence-corrected chi connectivity index (χ4v) is 7.78. The standard InChI is InChI=1S/2C14H15.C7H8Ge.2ClH.Zr/c2*1-3-12-7-9-13(10-8-12)14-6-4-5-11(14)2;1-8-7-5-3-2-4-6-7;;;/h2*4-10H,3H2,1-2H3;2-6H,1H3;2*1H;/q2*-1;;;;+2/p-2. The Morgan fingerprint density at radius 1 is 0.564 bits per heavy atom. The van der Waals surface area contributed by atoms with Crippen molar-refractivity contribution in [3.05, 3.63) is 138 Å². The van der Waals surface area contributed by atoms with Gasteiger partial charge in [0, 0.05) is 0 Å². The van der Waals surface area contributed by atoms with Crippen LogP contribution in [0, 0.1) is 13.8 Å². The first-order valence-corrected chi connectivity index (χ1v) is 23.7. The van der Waals surface area contributed by atoms with Crippen molar-refractivity contribution in [2.45, 2.75) is 46.3 Å². The average Bonchev–Trinajstić information content (AvgIpc) is 3.58. The van der Waals surface area contributed by atoms with Gasteiger partial charge in [0.1, 0.15) is 0 Å². The molecule has 0 heterocycles. The van der Waals surface area contributed by atoms with E-state index < -0.39 is 9.98 Å². The van der Waals surface area contributed by atoms with Gasteiger partial charge in [-0.1, -0.05) is 74.2 Å². The smallest absolute Gasteiger partial charge is 1.00 e. The first-order chi connectivity index (χ1) is 17.9. The van der Waals surface area contributed by atoms with E-state index in [-0.39, 0.29) is 24.8 Å². The van der Waals surface area contributed by atoms with E-state index in [1.807, 2.05) is 0 Å². The molecule has 0 aliphatic rings. The summed E-state index contributed by atoms with van der Waals surface area (Å²) in [5.41, 5.74) is 10.9. The number of hydrogen-bond acceptors (Lipinski definition) is 0. The Hall–Kier alpha value is -1.63. The van der Waals surface area contributed by atoms with Gasteiger partial charge in [-0.3, -0.25) is 0 Å². The van der Waals surface area contributed by atoms with Crippen LogP contribution < -0.4 is 29.2 Å². The Morgan fingerprint density at radius 3 is 1.21 bits per heavy atom. The van der Waals surface area contributed by atoms with Crippen molar-refractivity contribution in [2.24, 2.45) is 0 Å². The predicted octanol–water partition coefficient (Wildman–Crippen LogP) is 2.96. The van der Waals surface area contributed by atoms with Crippen molar-refractivity contribution in [1.82, 2.24) is 0 Å². The summed E-state index contributed by atoms with van der Waals surface area (Å²) >= 11 is 1.76. The molecule has 39 heavy (non-hydrogen) atoms. The fourth-order valence-electron chi connectivity index (χ4n) is 4.20. The fraction of sp³-hybridized carbons (Fsp3) is 0.200. The summed E-state index contributed by atoms with van der Waals surface area (Å²) in [6, 6.07) is 41.4. The number of halogens is 2. The molecule has 0 fully saturated rings. The minimum atomic E-state index is -0.676. The molecule has 0 aromatic heterocycles. The van der Waals surface area contributed by atoms with Gasteiger partial charge in [-0.25, -0.2) is 0 Å². The molecule has 0 amide bonds. The Kier molecular flexibility index (Phi) is 16.9. The van der Waals surface area contributed by atoms with Crippen LogP contribution in [0.25, 0.3) is 22.3 Å². The number of hydrogen-bond donors (Lipinski definition) is 0. The van der Waals surface area contributed by atoms with E-state index >= 15 is 0 Å². The van der Waals surface area contributed by atoms with Gasteiger partial charge in [0.25, 0.3) is 0 Å². The molecule has 0 radical (unpaired) electrons. The summed E-state index contributed by atoms with van der Waals surface area (Å²) in [6.07, 6.45) is 2.22. The maximum Gasteiger partial charge on any atom is -1.00 e. The van der Waals surface area contributed by atoms with Crippen molar-refractivity contribution in [1.29, 1.82) is 0 Å². The predicted molar refractivity (Wildman–Crippen MR) is 161 cm³/mol. The SMILES string of the molecule is CCc1ccc(-[c-]2cccc2C)cc1.CCc1ccc(-[c-]2cccc2C)cc1.[CH3][Ge](=[Zr+2])[c]1ccccc1.[Cl-].[Cl-]. The van der Waals surface area contributed by atoms with Crippen molar-refractivity contribution in [3.8, 4) is 22.3 Å². The van der Waals surface area contributed by atoms with Crippen molar-refractivity contribution >= 4 is 14.4 Å². The molecule has 5 aromatic carbocycles. The average molecular weight is 693 g/mol. The largest absolute Gasteiger partial charge is 1.00 e. The molecule has 0 unspecified atom stereocenters. The minimum absolute atomic E-state index is 0. The van der Waals surface area contributed by atoms with Gasteiger partial charge < -0.3 is 24.8 Å². The van der Waals surface area contributed by atoms with Crippen LogP contribution in [0.5, 0.6) is 0 Å². The maximum atomic E-state index is 2.41. The Labute approximate surface area is 264 Å². The Balaban J connectivity index is 0.000000292. The molecule has 202 valence electrons. The van der Waals surface area contributed by atoms with Crippen molar-refractivity contribution < 1.29 is 46.4 Å². The summed E-state index contributed by atoms with van der Waals surface area (Å²) < 4.78 is 1.62. The number of aryl methyl sites for hydroxylation is 4. The van der Waals surface area contributed by atoms with Crippen molar-refractivity contribution in [2.75, 3.05) is 0 Å². The summed E-state index contributed by atoms with van der Waals surface area (Å²) in [4.78, 5) is 0. The van der Waals surface area contributed by atoms with Crippen LogP contribution in [-0.2, 0) is 34.4 Å². The minimum Gasteiger partial charge on any atom is -1.00 e. The quantitative estimate of drug-likeness (QED) is 0.197. The van der Waals surface area contributed by atoms with Crippen LogP contribution in [0.15, 0.2) is 115 Å². The molecule has 0 aliphatic carbocycles. The van der Waals surface area contributed by atoms with Gasteiger partial charge in [0.05, 0.1) is 0 Å². The summed E-state index contributed by atoms with van der Waals surface area (Å²) in [7, 11) is -0.676. The van der Waals surface area contributed by atoms with Crippen LogP contribution in [-0.4, -0.2) is 9.98 Å². The molecule has 0 saturated carbocycles. The van der Waals surface area contributed by atoms with Crippen molar-refractivity contribution in [3.63, 3.8) is 0 Å². The zero-order valence-corrected chi connectivity index (χ0v) is 29.7.